The number of thiazole rings is 1. The summed E-state index contributed by atoms with van der Waals surface area (Å²) in [7, 11) is 0. The zero-order valence-corrected chi connectivity index (χ0v) is 15.7. The molecule has 5 nitrogen and oxygen atoms in total. The van der Waals surface area contributed by atoms with E-state index in [1.54, 1.807) is 29.3 Å². The first kappa shape index (κ1) is 17.1. The molecule has 1 amide bonds. The van der Waals surface area contributed by atoms with Gasteiger partial charge in [0, 0.05) is 34.8 Å². The predicted octanol–water partition coefficient (Wildman–Crippen LogP) is 4.56. The van der Waals surface area contributed by atoms with E-state index in [-0.39, 0.29) is 24.2 Å². The zero-order chi connectivity index (χ0) is 19.1. The van der Waals surface area contributed by atoms with Gasteiger partial charge in [0.15, 0.2) is 5.13 Å². The number of hydrogen-bond acceptors (Lipinski definition) is 4. The minimum absolute atomic E-state index is 0.0368. The molecule has 1 aliphatic rings. The van der Waals surface area contributed by atoms with Crippen molar-refractivity contribution in [2.45, 2.75) is 25.3 Å². The summed E-state index contributed by atoms with van der Waals surface area (Å²) in [5, 5.41) is 3.61. The fourth-order valence-corrected chi connectivity index (χ4v) is 4.27. The van der Waals surface area contributed by atoms with E-state index in [9.17, 15) is 9.18 Å². The van der Waals surface area contributed by atoms with E-state index < -0.39 is 0 Å². The Morgan fingerprint density at radius 3 is 2.93 bits per heavy atom. The van der Waals surface area contributed by atoms with Crippen LogP contribution in [0.3, 0.4) is 0 Å². The summed E-state index contributed by atoms with van der Waals surface area (Å²) in [6, 6.07) is 10.5. The molecule has 1 fully saturated rings. The van der Waals surface area contributed by atoms with Crippen molar-refractivity contribution in [3.05, 3.63) is 65.6 Å². The van der Waals surface area contributed by atoms with Crippen LogP contribution in [0.2, 0.25) is 0 Å². The fourth-order valence-electron chi connectivity index (χ4n) is 3.36. The Hall–Kier alpha value is -3.06. The van der Waals surface area contributed by atoms with E-state index >= 15 is 0 Å². The standard InChI is InChI=1S/C21H17FN4OS/c22-17-6-2-1-4-13(17)10-19(27)26(14-7-8-14)21-25-18(12-28-21)16-11-24-20-15(16)5-3-9-23-20/h1-6,9,11-12,14H,7-8,10H2,(H,23,24). The smallest absolute Gasteiger partial charge is 0.233 e. The number of hydrogen-bond donors (Lipinski definition) is 1. The summed E-state index contributed by atoms with van der Waals surface area (Å²) in [4.78, 5) is 26.9. The van der Waals surface area contributed by atoms with E-state index in [2.05, 4.69) is 9.97 Å². The normalized spacial score (nSPS) is 13.8. The Balaban J connectivity index is 1.45. The molecular formula is C21H17FN4OS. The van der Waals surface area contributed by atoms with Crippen molar-refractivity contribution in [2.24, 2.45) is 0 Å². The molecule has 0 bridgehead atoms. The van der Waals surface area contributed by atoms with Gasteiger partial charge in [-0.25, -0.2) is 14.4 Å². The van der Waals surface area contributed by atoms with Gasteiger partial charge in [0.05, 0.1) is 12.1 Å². The Bertz CT molecular complexity index is 1160. The third kappa shape index (κ3) is 3.07. The second-order valence-corrected chi connectivity index (χ2v) is 7.72. The molecule has 5 rings (SSSR count). The molecule has 3 aromatic heterocycles. The van der Waals surface area contributed by atoms with Gasteiger partial charge in [-0.2, -0.15) is 0 Å². The molecule has 28 heavy (non-hydrogen) atoms. The van der Waals surface area contributed by atoms with Gasteiger partial charge in [-0.3, -0.25) is 9.69 Å². The number of fused-ring (bicyclic) bond motifs is 1. The highest BCUT2D eigenvalue weighted by Gasteiger charge is 2.35. The number of rotatable bonds is 5. The van der Waals surface area contributed by atoms with Crippen LogP contribution in [0, 0.1) is 5.82 Å². The largest absolute Gasteiger partial charge is 0.345 e. The molecule has 0 spiro atoms. The molecule has 1 saturated carbocycles. The van der Waals surface area contributed by atoms with E-state index in [1.807, 2.05) is 23.7 Å². The average Bonchev–Trinajstić information content (AvgIpc) is 3.25. The molecule has 0 aliphatic heterocycles. The molecule has 1 aromatic carbocycles. The maximum absolute atomic E-state index is 14.0. The zero-order valence-electron chi connectivity index (χ0n) is 14.9. The Morgan fingerprint density at radius 1 is 1.25 bits per heavy atom. The third-order valence-electron chi connectivity index (χ3n) is 4.91. The Kier molecular flexibility index (Phi) is 4.16. The highest BCUT2D eigenvalue weighted by Crippen LogP contribution is 2.37. The number of aromatic nitrogens is 3. The number of H-pyrrole nitrogens is 1. The summed E-state index contributed by atoms with van der Waals surface area (Å²) in [6.07, 6.45) is 5.57. The van der Waals surface area contributed by atoms with Crippen LogP contribution in [0.25, 0.3) is 22.3 Å². The van der Waals surface area contributed by atoms with Gasteiger partial charge in [0.1, 0.15) is 11.5 Å². The Morgan fingerprint density at radius 2 is 2.11 bits per heavy atom. The van der Waals surface area contributed by atoms with Crippen LogP contribution < -0.4 is 4.90 Å². The van der Waals surface area contributed by atoms with E-state index in [0.29, 0.717) is 10.7 Å². The first-order chi connectivity index (χ1) is 13.7. The average molecular weight is 392 g/mol. The van der Waals surface area contributed by atoms with Crippen LogP contribution in [0.5, 0.6) is 0 Å². The minimum atomic E-state index is -0.349. The van der Waals surface area contributed by atoms with Crippen LogP contribution in [0.15, 0.2) is 54.2 Å². The number of carbonyl (C=O) groups excluding carboxylic acids is 1. The van der Waals surface area contributed by atoms with E-state index in [0.717, 1.165) is 35.1 Å². The first-order valence-electron chi connectivity index (χ1n) is 9.14. The van der Waals surface area contributed by atoms with Crippen molar-refractivity contribution in [1.82, 2.24) is 15.0 Å². The topological polar surface area (TPSA) is 61.9 Å². The predicted molar refractivity (Wildman–Crippen MR) is 108 cm³/mol. The van der Waals surface area contributed by atoms with Crippen molar-refractivity contribution < 1.29 is 9.18 Å². The number of nitrogens with one attached hydrogen (secondary N) is 1. The molecule has 4 aromatic rings. The van der Waals surface area contributed by atoms with Crippen molar-refractivity contribution in [3.8, 4) is 11.3 Å². The van der Waals surface area contributed by atoms with Crippen LogP contribution in [-0.2, 0) is 11.2 Å². The van der Waals surface area contributed by atoms with Gasteiger partial charge in [0.25, 0.3) is 0 Å². The highest BCUT2D eigenvalue weighted by atomic mass is 32.1. The molecule has 3 heterocycles. The number of amides is 1. The van der Waals surface area contributed by atoms with Gasteiger partial charge in [-0.1, -0.05) is 18.2 Å². The van der Waals surface area contributed by atoms with Crippen molar-refractivity contribution in [3.63, 3.8) is 0 Å². The molecule has 0 saturated heterocycles. The number of nitrogens with zero attached hydrogens (tertiary/aromatic N) is 3. The van der Waals surface area contributed by atoms with Crippen LogP contribution >= 0.6 is 11.3 Å². The minimum Gasteiger partial charge on any atom is -0.345 e. The lowest BCUT2D eigenvalue weighted by Crippen LogP contribution is -2.34. The summed E-state index contributed by atoms with van der Waals surface area (Å²) in [5.41, 5.74) is 2.99. The van der Waals surface area contributed by atoms with Gasteiger partial charge in [-0.15, -0.1) is 11.3 Å². The monoisotopic (exact) mass is 392 g/mol. The van der Waals surface area contributed by atoms with Gasteiger partial charge in [0.2, 0.25) is 5.91 Å². The van der Waals surface area contributed by atoms with Crippen molar-refractivity contribution in [2.75, 3.05) is 4.90 Å². The maximum atomic E-state index is 14.0. The van der Waals surface area contributed by atoms with Gasteiger partial charge >= 0.3 is 0 Å². The highest BCUT2D eigenvalue weighted by molar-refractivity contribution is 7.14. The second-order valence-electron chi connectivity index (χ2n) is 6.88. The number of aromatic amines is 1. The number of anilines is 1. The molecule has 0 unspecified atom stereocenters. The number of benzene rings is 1. The van der Waals surface area contributed by atoms with Crippen molar-refractivity contribution in [1.29, 1.82) is 0 Å². The lowest BCUT2D eigenvalue weighted by atomic mass is 10.1. The maximum Gasteiger partial charge on any atom is 0.233 e. The van der Waals surface area contributed by atoms with Crippen molar-refractivity contribution >= 4 is 33.4 Å². The molecule has 140 valence electrons. The van der Waals surface area contributed by atoms with Crippen LogP contribution in [0.4, 0.5) is 9.52 Å². The summed E-state index contributed by atoms with van der Waals surface area (Å²) >= 11 is 1.44. The summed E-state index contributed by atoms with van der Waals surface area (Å²) in [5.74, 6) is -0.466. The van der Waals surface area contributed by atoms with Gasteiger partial charge in [-0.05, 0) is 36.6 Å². The third-order valence-corrected chi connectivity index (χ3v) is 5.75. The van der Waals surface area contributed by atoms with Gasteiger partial charge < -0.3 is 4.98 Å². The molecule has 7 heteroatoms. The number of pyridine rings is 1. The molecule has 1 N–H and O–H groups in total. The Labute approximate surface area is 164 Å². The summed E-state index contributed by atoms with van der Waals surface area (Å²) < 4.78 is 14.0. The molecule has 1 aliphatic carbocycles. The number of halogens is 1. The van der Waals surface area contributed by atoms with E-state index in [4.69, 9.17) is 4.98 Å². The first-order valence-corrected chi connectivity index (χ1v) is 10.0. The molecular weight excluding hydrogens is 375 g/mol. The van der Waals surface area contributed by atoms with Crippen LogP contribution in [-0.4, -0.2) is 26.9 Å². The fraction of sp³-hybridized carbons (Fsp3) is 0.190. The summed E-state index contributed by atoms with van der Waals surface area (Å²) in [6.45, 7) is 0. The molecule has 0 radical (unpaired) electrons. The SMILES string of the molecule is O=C(Cc1ccccc1F)N(c1nc(-c2c[nH]c3ncccc23)cs1)C1CC1. The molecule has 0 atom stereocenters. The quantitative estimate of drug-likeness (QED) is 0.541. The second kappa shape index (κ2) is 6.83. The van der Waals surface area contributed by atoms with E-state index in [1.165, 1.54) is 17.4 Å². The van der Waals surface area contributed by atoms with Crippen LogP contribution in [0.1, 0.15) is 18.4 Å². The lowest BCUT2D eigenvalue weighted by Gasteiger charge is -2.19. The lowest BCUT2D eigenvalue weighted by molar-refractivity contribution is -0.118. The number of carbonyl (C=O) groups is 1.